The van der Waals surface area contributed by atoms with Gasteiger partial charge in [-0.3, -0.25) is 4.98 Å². The fourth-order valence-electron chi connectivity index (χ4n) is 1.23. The Morgan fingerprint density at radius 3 is 2.75 bits per heavy atom. The Balaban J connectivity index is 3.31. The Morgan fingerprint density at radius 2 is 2.25 bits per heavy atom. The average Bonchev–Trinajstić information content (AvgIpc) is 2.21. The molecule has 0 spiro atoms. The van der Waals surface area contributed by atoms with Crippen LogP contribution in [0.5, 0.6) is 0 Å². The molecule has 0 fully saturated rings. The lowest BCUT2D eigenvalue weighted by Crippen LogP contribution is -2.12. The molecule has 16 heavy (non-hydrogen) atoms. The largest absolute Gasteiger partial charge is 0.462 e. The fourth-order valence-corrected chi connectivity index (χ4v) is 1.37. The molecular formula is C10H10ClF2NO2. The van der Waals surface area contributed by atoms with E-state index in [1.54, 1.807) is 6.92 Å². The molecule has 0 radical (unpaired) electrons. The van der Waals surface area contributed by atoms with Crippen LogP contribution in [0.3, 0.4) is 0 Å². The number of hydrogen-bond donors (Lipinski definition) is 0. The quantitative estimate of drug-likeness (QED) is 0.773. The number of hydrogen-bond acceptors (Lipinski definition) is 3. The maximum Gasteiger partial charge on any atom is 0.340 e. The molecule has 0 aliphatic heterocycles. The van der Waals surface area contributed by atoms with E-state index in [4.69, 9.17) is 11.6 Å². The summed E-state index contributed by atoms with van der Waals surface area (Å²) in [5, 5.41) is 0.160. The van der Waals surface area contributed by atoms with E-state index in [1.165, 1.54) is 6.92 Å². The summed E-state index contributed by atoms with van der Waals surface area (Å²) in [5.74, 6) is -0.828. The van der Waals surface area contributed by atoms with Crippen LogP contribution in [0.1, 0.15) is 35.0 Å². The van der Waals surface area contributed by atoms with Crippen molar-refractivity contribution in [1.29, 1.82) is 0 Å². The third kappa shape index (κ3) is 2.47. The zero-order valence-electron chi connectivity index (χ0n) is 8.76. The first-order chi connectivity index (χ1) is 7.49. The second-order valence-corrected chi connectivity index (χ2v) is 3.42. The summed E-state index contributed by atoms with van der Waals surface area (Å²) in [6.45, 7) is 3.17. The van der Waals surface area contributed by atoms with Crippen molar-refractivity contribution in [3.63, 3.8) is 0 Å². The van der Waals surface area contributed by atoms with E-state index in [9.17, 15) is 13.6 Å². The van der Waals surface area contributed by atoms with Gasteiger partial charge in [-0.05, 0) is 19.4 Å². The summed E-state index contributed by atoms with van der Waals surface area (Å²) in [4.78, 5) is 14.9. The molecule has 0 bridgehead atoms. The Hall–Kier alpha value is -1.23. The monoisotopic (exact) mass is 249 g/mol. The van der Waals surface area contributed by atoms with Gasteiger partial charge in [-0.25, -0.2) is 13.6 Å². The highest BCUT2D eigenvalue weighted by Gasteiger charge is 2.24. The van der Waals surface area contributed by atoms with Gasteiger partial charge in [-0.1, -0.05) is 11.6 Å². The van der Waals surface area contributed by atoms with E-state index in [-0.39, 0.29) is 22.8 Å². The van der Waals surface area contributed by atoms with E-state index >= 15 is 0 Å². The van der Waals surface area contributed by atoms with Crippen LogP contribution in [-0.2, 0) is 4.74 Å². The van der Waals surface area contributed by atoms with E-state index < -0.39 is 18.1 Å². The van der Waals surface area contributed by atoms with Crippen molar-refractivity contribution in [2.24, 2.45) is 0 Å². The second kappa shape index (κ2) is 5.21. The maximum atomic E-state index is 12.6. The average molecular weight is 250 g/mol. The van der Waals surface area contributed by atoms with Gasteiger partial charge in [0.05, 0.1) is 17.2 Å². The van der Waals surface area contributed by atoms with Crippen LogP contribution < -0.4 is 0 Å². The zero-order chi connectivity index (χ0) is 12.3. The second-order valence-electron chi connectivity index (χ2n) is 3.01. The van der Waals surface area contributed by atoms with E-state index in [0.29, 0.717) is 0 Å². The molecule has 0 unspecified atom stereocenters. The number of ether oxygens (including phenoxy) is 1. The molecule has 6 heteroatoms. The summed E-state index contributed by atoms with van der Waals surface area (Å²) in [6, 6.07) is 0. The zero-order valence-corrected chi connectivity index (χ0v) is 9.52. The van der Waals surface area contributed by atoms with Gasteiger partial charge in [0.2, 0.25) is 0 Å². The molecule has 1 aromatic rings. The summed E-state index contributed by atoms with van der Waals surface area (Å²) >= 11 is 5.72. The highest BCUT2D eigenvalue weighted by molar-refractivity contribution is 6.31. The molecule has 3 nitrogen and oxygen atoms in total. The molecule has 0 aliphatic carbocycles. The number of aromatic nitrogens is 1. The van der Waals surface area contributed by atoms with Gasteiger partial charge in [0.15, 0.2) is 0 Å². The Bertz CT molecular complexity index is 410. The first-order valence-electron chi connectivity index (χ1n) is 4.59. The molecule has 0 N–H and O–H groups in total. The lowest BCUT2D eigenvalue weighted by molar-refractivity contribution is 0.0512. The van der Waals surface area contributed by atoms with Crippen LogP contribution in [0, 0.1) is 6.92 Å². The fraction of sp³-hybridized carbons (Fsp3) is 0.400. The predicted octanol–water partition coefficient (Wildman–Crippen LogP) is 3.16. The highest BCUT2D eigenvalue weighted by Crippen LogP contribution is 2.27. The van der Waals surface area contributed by atoms with Crippen molar-refractivity contribution in [3.05, 3.63) is 28.0 Å². The smallest absolute Gasteiger partial charge is 0.340 e. The van der Waals surface area contributed by atoms with Crippen molar-refractivity contribution < 1.29 is 18.3 Å². The predicted molar refractivity (Wildman–Crippen MR) is 54.9 cm³/mol. The number of esters is 1. The van der Waals surface area contributed by atoms with Crippen molar-refractivity contribution >= 4 is 17.6 Å². The minimum absolute atomic E-state index is 0.105. The van der Waals surface area contributed by atoms with Crippen molar-refractivity contribution in [2.75, 3.05) is 6.61 Å². The Labute approximate surface area is 96.4 Å². The van der Waals surface area contributed by atoms with Crippen LogP contribution in [0.15, 0.2) is 6.20 Å². The highest BCUT2D eigenvalue weighted by atomic mass is 35.5. The Morgan fingerprint density at radius 1 is 1.62 bits per heavy atom. The molecule has 0 aromatic carbocycles. The number of rotatable bonds is 3. The van der Waals surface area contributed by atoms with Gasteiger partial charge >= 0.3 is 5.97 Å². The standard InChI is InChI=1S/C10H10ClF2NO2/c1-3-16-10(15)7-5(2)6(11)4-14-8(7)9(12)13/h4,9H,3H2,1-2H3. The third-order valence-corrected chi connectivity index (χ3v) is 2.37. The number of pyridine rings is 1. The Kier molecular flexibility index (Phi) is 4.18. The van der Waals surface area contributed by atoms with Gasteiger partial charge in [0, 0.05) is 6.20 Å². The first kappa shape index (κ1) is 12.8. The van der Waals surface area contributed by atoms with Crippen LogP contribution in [0.25, 0.3) is 0 Å². The number of nitrogens with zero attached hydrogens (tertiary/aromatic N) is 1. The molecule has 0 saturated heterocycles. The van der Waals surface area contributed by atoms with E-state index in [2.05, 4.69) is 9.72 Å². The maximum absolute atomic E-state index is 12.6. The summed E-state index contributed by atoms with van der Waals surface area (Å²) in [7, 11) is 0. The van der Waals surface area contributed by atoms with Crippen LogP contribution >= 0.6 is 11.6 Å². The number of carbonyl (C=O) groups excluding carboxylic acids is 1. The van der Waals surface area contributed by atoms with Gasteiger partial charge in [0.1, 0.15) is 5.69 Å². The van der Waals surface area contributed by atoms with Gasteiger partial charge in [-0.2, -0.15) is 0 Å². The molecule has 1 heterocycles. The van der Waals surface area contributed by atoms with E-state index in [1.807, 2.05) is 0 Å². The van der Waals surface area contributed by atoms with Gasteiger partial charge in [-0.15, -0.1) is 0 Å². The van der Waals surface area contributed by atoms with Crippen LogP contribution in [0.4, 0.5) is 8.78 Å². The molecule has 0 saturated carbocycles. The van der Waals surface area contributed by atoms with Gasteiger partial charge in [0.25, 0.3) is 6.43 Å². The lowest BCUT2D eigenvalue weighted by atomic mass is 10.1. The minimum Gasteiger partial charge on any atom is -0.462 e. The van der Waals surface area contributed by atoms with Crippen molar-refractivity contribution in [1.82, 2.24) is 4.98 Å². The minimum atomic E-state index is -2.84. The molecule has 88 valence electrons. The molecule has 1 rings (SSSR count). The topological polar surface area (TPSA) is 39.2 Å². The third-order valence-electron chi connectivity index (χ3n) is 1.99. The molecule has 0 aliphatic rings. The number of carbonyl (C=O) groups is 1. The molecule has 0 atom stereocenters. The van der Waals surface area contributed by atoms with Crippen LogP contribution in [-0.4, -0.2) is 17.6 Å². The number of halogens is 3. The van der Waals surface area contributed by atoms with Crippen LogP contribution in [0.2, 0.25) is 5.02 Å². The molecular weight excluding hydrogens is 240 g/mol. The lowest BCUT2D eigenvalue weighted by Gasteiger charge is -2.11. The number of alkyl halides is 2. The van der Waals surface area contributed by atoms with Crippen molar-refractivity contribution in [2.45, 2.75) is 20.3 Å². The van der Waals surface area contributed by atoms with Crippen molar-refractivity contribution in [3.8, 4) is 0 Å². The molecule has 0 amide bonds. The molecule has 1 aromatic heterocycles. The summed E-state index contributed by atoms with van der Waals surface area (Å²) < 4.78 is 29.9. The SMILES string of the molecule is CCOC(=O)c1c(C(F)F)ncc(Cl)c1C. The normalized spacial score (nSPS) is 10.6. The summed E-state index contributed by atoms with van der Waals surface area (Å²) in [6.07, 6.45) is -1.74. The van der Waals surface area contributed by atoms with E-state index in [0.717, 1.165) is 6.20 Å². The first-order valence-corrected chi connectivity index (χ1v) is 4.97. The summed E-state index contributed by atoms with van der Waals surface area (Å²) in [5.41, 5.74) is -0.588. The van der Waals surface area contributed by atoms with Gasteiger partial charge < -0.3 is 4.74 Å².